The standard InChI is InChI=1S/C23H23Cl2N3O3S/c1-3-12-28-22(5-4-13-31-21-11-8-17(24)14-19(21)25)26-27-23(28)32-15-20(29)16-6-9-18(30-2)10-7-16/h3,6-11,14H,1,4-5,12-13,15H2,2H3. The van der Waals surface area contributed by atoms with E-state index in [4.69, 9.17) is 32.7 Å². The van der Waals surface area contributed by atoms with Crippen LogP contribution >= 0.6 is 35.0 Å². The lowest BCUT2D eigenvalue weighted by molar-refractivity contribution is 0.102. The van der Waals surface area contributed by atoms with E-state index in [9.17, 15) is 4.79 Å². The lowest BCUT2D eigenvalue weighted by atomic mass is 10.1. The van der Waals surface area contributed by atoms with E-state index < -0.39 is 0 Å². The Morgan fingerprint density at radius 1 is 1.19 bits per heavy atom. The fourth-order valence-electron chi connectivity index (χ4n) is 2.92. The molecule has 0 bridgehead atoms. The number of hydrogen-bond donors (Lipinski definition) is 0. The van der Waals surface area contributed by atoms with Crippen molar-refractivity contribution in [3.8, 4) is 11.5 Å². The molecule has 6 nitrogen and oxygen atoms in total. The molecule has 0 aliphatic rings. The van der Waals surface area contributed by atoms with Gasteiger partial charge >= 0.3 is 0 Å². The fourth-order valence-corrected chi connectivity index (χ4v) is 4.24. The van der Waals surface area contributed by atoms with Crippen LogP contribution in [0.5, 0.6) is 11.5 Å². The van der Waals surface area contributed by atoms with E-state index in [-0.39, 0.29) is 11.5 Å². The lowest BCUT2D eigenvalue weighted by Gasteiger charge is -2.09. The molecule has 0 saturated heterocycles. The SMILES string of the molecule is C=CCn1c(CCCOc2ccc(Cl)cc2Cl)nnc1SCC(=O)c1ccc(OC)cc1. The van der Waals surface area contributed by atoms with Crippen LogP contribution in [0.25, 0.3) is 0 Å². The Bertz CT molecular complexity index is 1070. The smallest absolute Gasteiger partial charge is 0.191 e. The molecule has 1 heterocycles. The minimum absolute atomic E-state index is 0.0144. The summed E-state index contributed by atoms with van der Waals surface area (Å²) in [7, 11) is 1.59. The maximum atomic E-state index is 12.5. The number of thioether (sulfide) groups is 1. The van der Waals surface area contributed by atoms with Crippen LogP contribution < -0.4 is 9.47 Å². The number of nitrogens with zero attached hydrogens (tertiary/aromatic N) is 3. The Balaban J connectivity index is 1.55. The maximum Gasteiger partial charge on any atom is 0.191 e. The second-order valence-corrected chi connectivity index (χ2v) is 8.55. The van der Waals surface area contributed by atoms with Gasteiger partial charge in [-0.05, 0) is 48.9 Å². The molecule has 0 amide bonds. The van der Waals surface area contributed by atoms with Crippen LogP contribution in [0.15, 0.2) is 60.3 Å². The second kappa shape index (κ2) is 11.9. The van der Waals surface area contributed by atoms with Gasteiger partial charge in [-0.15, -0.1) is 16.8 Å². The third kappa shape index (κ3) is 6.51. The third-order valence-corrected chi connectivity index (χ3v) is 6.04. The van der Waals surface area contributed by atoms with Gasteiger partial charge in [0, 0.05) is 23.6 Å². The fraction of sp³-hybridized carbons (Fsp3) is 0.261. The van der Waals surface area contributed by atoms with Gasteiger partial charge in [-0.2, -0.15) is 0 Å². The summed E-state index contributed by atoms with van der Waals surface area (Å²) in [5.41, 5.74) is 0.631. The number of carbonyl (C=O) groups is 1. The van der Waals surface area contributed by atoms with Gasteiger partial charge in [0.15, 0.2) is 10.9 Å². The van der Waals surface area contributed by atoms with E-state index in [1.165, 1.54) is 11.8 Å². The first-order valence-corrected chi connectivity index (χ1v) is 11.7. The van der Waals surface area contributed by atoms with E-state index in [0.29, 0.717) is 51.8 Å². The number of ketones is 1. The molecule has 0 N–H and O–H groups in total. The minimum atomic E-state index is 0.0144. The van der Waals surface area contributed by atoms with Crippen LogP contribution in [0.2, 0.25) is 10.0 Å². The highest BCUT2D eigenvalue weighted by Crippen LogP contribution is 2.27. The van der Waals surface area contributed by atoms with Gasteiger partial charge in [0.2, 0.25) is 0 Å². The van der Waals surface area contributed by atoms with Crippen LogP contribution in [0, 0.1) is 0 Å². The van der Waals surface area contributed by atoms with Gasteiger partial charge in [-0.25, -0.2) is 0 Å². The van der Waals surface area contributed by atoms with Crippen LogP contribution in [0.3, 0.4) is 0 Å². The molecule has 32 heavy (non-hydrogen) atoms. The highest BCUT2D eigenvalue weighted by molar-refractivity contribution is 7.99. The predicted octanol–water partition coefficient (Wildman–Crippen LogP) is 5.77. The molecule has 0 spiro atoms. The van der Waals surface area contributed by atoms with Crippen molar-refractivity contribution in [3.05, 3.63) is 76.6 Å². The quantitative estimate of drug-likeness (QED) is 0.139. The van der Waals surface area contributed by atoms with E-state index in [0.717, 1.165) is 12.2 Å². The molecule has 9 heteroatoms. The number of halogens is 2. The predicted molar refractivity (Wildman–Crippen MR) is 129 cm³/mol. The number of rotatable bonds is 12. The average Bonchev–Trinajstić information content (AvgIpc) is 3.18. The molecular formula is C23H23Cl2N3O3S. The monoisotopic (exact) mass is 491 g/mol. The number of benzene rings is 2. The summed E-state index contributed by atoms with van der Waals surface area (Å²) < 4.78 is 12.8. The first-order valence-electron chi connectivity index (χ1n) is 9.92. The zero-order chi connectivity index (χ0) is 22.9. The van der Waals surface area contributed by atoms with Crippen molar-refractivity contribution in [2.24, 2.45) is 0 Å². The topological polar surface area (TPSA) is 66.2 Å². The Kier molecular flexibility index (Phi) is 9.02. The zero-order valence-electron chi connectivity index (χ0n) is 17.6. The molecule has 2 aromatic carbocycles. The van der Waals surface area contributed by atoms with E-state index in [1.807, 2.05) is 4.57 Å². The highest BCUT2D eigenvalue weighted by Gasteiger charge is 2.14. The summed E-state index contributed by atoms with van der Waals surface area (Å²) in [6, 6.07) is 12.2. The molecule has 0 unspecified atom stereocenters. The summed E-state index contributed by atoms with van der Waals surface area (Å²) in [6.45, 7) is 4.85. The molecule has 0 atom stereocenters. The Hall–Kier alpha value is -2.48. The van der Waals surface area contributed by atoms with Gasteiger partial charge in [0.1, 0.15) is 17.3 Å². The first-order chi connectivity index (χ1) is 15.5. The zero-order valence-corrected chi connectivity index (χ0v) is 19.9. The van der Waals surface area contributed by atoms with Crippen molar-refractivity contribution in [1.29, 1.82) is 0 Å². The maximum absolute atomic E-state index is 12.5. The number of aryl methyl sites for hydroxylation is 1. The summed E-state index contributed by atoms with van der Waals surface area (Å²) in [4.78, 5) is 12.5. The number of carbonyl (C=O) groups excluding carboxylic acids is 1. The minimum Gasteiger partial charge on any atom is -0.497 e. The molecule has 1 aromatic heterocycles. The molecular weight excluding hydrogens is 469 g/mol. The van der Waals surface area contributed by atoms with Crippen LogP contribution in [0.1, 0.15) is 22.6 Å². The van der Waals surface area contributed by atoms with Gasteiger partial charge < -0.3 is 14.0 Å². The number of ether oxygens (including phenoxy) is 2. The molecule has 0 aliphatic carbocycles. The van der Waals surface area contributed by atoms with Crippen LogP contribution in [-0.2, 0) is 13.0 Å². The summed E-state index contributed by atoms with van der Waals surface area (Å²) in [5.74, 6) is 2.40. The van der Waals surface area contributed by atoms with E-state index in [2.05, 4.69) is 16.8 Å². The first kappa shape index (κ1) is 24.2. The molecule has 3 aromatic rings. The van der Waals surface area contributed by atoms with Gasteiger partial charge in [-0.1, -0.05) is 41.0 Å². The summed E-state index contributed by atoms with van der Waals surface area (Å²) >= 11 is 13.4. The Labute approximate surface area is 201 Å². The molecule has 0 aliphatic heterocycles. The Morgan fingerprint density at radius 2 is 1.97 bits per heavy atom. The number of aromatic nitrogens is 3. The molecule has 0 fully saturated rings. The largest absolute Gasteiger partial charge is 0.497 e. The van der Waals surface area contributed by atoms with Gasteiger partial charge in [0.25, 0.3) is 0 Å². The number of allylic oxidation sites excluding steroid dienone is 1. The van der Waals surface area contributed by atoms with Crippen molar-refractivity contribution in [2.45, 2.75) is 24.5 Å². The Morgan fingerprint density at radius 3 is 2.66 bits per heavy atom. The molecule has 0 saturated carbocycles. The average molecular weight is 492 g/mol. The third-order valence-electron chi connectivity index (χ3n) is 4.55. The van der Waals surface area contributed by atoms with Crippen LogP contribution in [0.4, 0.5) is 0 Å². The molecule has 168 valence electrons. The highest BCUT2D eigenvalue weighted by atomic mass is 35.5. The molecule has 0 radical (unpaired) electrons. The van der Waals surface area contributed by atoms with Crippen molar-refractivity contribution < 1.29 is 14.3 Å². The van der Waals surface area contributed by atoms with Crippen LogP contribution in [-0.4, -0.2) is 40.0 Å². The normalized spacial score (nSPS) is 10.7. The summed E-state index contributed by atoms with van der Waals surface area (Å²) in [6.07, 6.45) is 3.18. The van der Waals surface area contributed by atoms with Crippen molar-refractivity contribution in [3.63, 3.8) is 0 Å². The molecule has 3 rings (SSSR count). The van der Waals surface area contributed by atoms with E-state index >= 15 is 0 Å². The van der Waals surface area contributed by atoms with Crippen molar-refractivity contribution in [1.82, 2.24) is 14.8 Å². The lowest BCUT2D eigenvalue weighted by Crippen LogP contribution is -2.08. The van der Waals surface area contributed by atoms with Gasteiger partial charge in [0.05, 0.1) is 24.5 Å². The number of hydrogen-bond acceptors (Lipinski definition) is 6. The number of Topliss-reactive ketones (excluding diaryl/α,β-unsaturated/α-hetero) is 1. The van der Waals surface area contributed by atoms with Crippen molar-refractivity contribution >= 4 is 40.7 Å². The van der Waals surface area contributed by atoms with E-state index in [1.54, 1.807) is 55.7 Å². The number of methoxy groups -OCH3 is 1. The van der Waals surface area contributed by atoms with Gasteiger partial charge in [-0.3, -0.25) is 4.79 Å². The summed E-state index contributed by atoms with van der Waals surface area (Å²) in [5, 5.41) is 10.3. The van der Waals surface area contributed by atoms with Crippen molar-refractivity contribution in [2.75, 3.05) is 19.5 Å². The second-order valence-electron chi connectivity index (χ2n) is 6.77.